The monoisotopic (exact) mass is 266 g/mol. The summed E-state index contributed by atoms with van der Waals surface area (Å²) < 4.78 is 5.52. The van der Waals surface area contributed by atoms with Gasteiger partial charge in [0.05, 0.1) is 0 Å². The summed E-state index contributed by atoms with van der Waals surface area (Å²) in [5.74, 6) is 0.689. The zero-order chi connectivity index (χ0) is 13.1. The van der Waals surface area contributed by atoms with E-state index in [1.54, 1.807) is 0 Å². The molecule has 1 saturated carbocycles. The largest absolute Gasteiger partial charge is 0.381 e. The van der Waals surface area contributed by atoms with Gasteiger partial charge in [0.25, 0.3) is 0 Å². The SMILES string of the molecule is NC(C1CCOCC1)C1(N2CCCCC2)CCCC1. The second-order valence-corrected chi connectivity index (χ2v) is 6.83. The molecule has 0 aromatic rings. The molecule has 1 unspecified atom stereocenters. The van der Waals surface area contributed by atoms with Crippen LogP contribution >= 0.6 is 0 Å². The summed E-state index contributed by atoms with van der Waals surface area (Å²) in [5, 5.41) is 0. The summed E-state index contributed by atoms with van der Waals surface area (Å²) in [7, 11) is 0. The average molecular weight is 266 g/mol. The minimum absolute atomic E-state index is 0.336. The van der Waals surface area contributed by atoms with E-state index in [9.17, 15) is 0 Å². The van der Waals surface area contributed by atoms with Crippen LogP contribution in [-0.2, 0) is 4.74 Å². The minimum atomic E-state index is 0.336. The highest BCUT2D eigenvalue weighted by atomic mass is 16.5. The van der Waals surface area contributed by atoms with Crippen LogP contribution < -0.4 is 5.73 Å². The molecule has 0 aromatic carbocycles. The van der Waals surface area contributed by atoms with Crippen molar-refractivity contribution in [1.82, 2.24) is 4.90 Å². The molecular weight excluding hydrogens is 236 g/mol. The molecule has 3 heteroatoms. The molecule has 2 aliphatic heterocycles. The zero-order valence-electron chi connectivity index (χ0n) is 12.3. The van der Waals surface area contributed by atoms with Gasteiger partial charge >= 0.3 is 0 Å². The Morgan fingerprint density at radius 2 is 1.58 bits per heavy atom. The maximum Gasteiger partial charge on any atom is 0.0469 e. The van der Waals surface area contributed by atoms with Gasteiger partial charge in [-0.3, -0.25) is 4.90 Å². The molecule has 0 spiro atoms. The third-order valence-electron chi connectivity index (χ3n) is 5.85. The first-order chi connectivity index (χ1) is 9.33. The molecule has 3 rings (SSSR count). The summed E-state index contributed by atoms with van der Waals surface area (Å²) in [5.41, 5.74) is 7.16. The highest BCUT2D eigenvalue weighted by Crippen LogP contribution is 2.42. The van der Waals surface area contributed by atoms with Gasteiger partial charge in [0.2, 0.25) is 0 Å². The van der Waals surface area contributed by atoms with Gasteiger partial charge in [-0.1, -0.05) is 19.3 Å². The smallest absolute Gasteiger partial charge is 0.0469 e. The van der Waals surface area contributed by atoms with Crippen LogP contribution in [0.2, 0.25) is 0 Å². The molecule has 1 aliphatic carbocycles. The second kappa shape index (κ2) is 6.11. The van der Waals surface area contributed by atoms with Crippen molar-refractivity contribution < 1.29 is 4.74 Å². The van der Waals surface area contributed by atoms with Crippen molar-refractivity contribution in [2.75, 3.05) is 26.3 Å². The van der Waals surface area contributed by atoms with Crippen molar-refractivity contribution in [2.45, 2.75) is 69.4 Å². The van der Waals surface area contributed by atoms with Crippen LogP contribution in [0.5, 0.6) is 0 Å². The van der Waals surface area contributed by atoms with E-state index in [4.69, 9.17) is 10.5 Å². The van der Waals surface area contributed by atoms with Gasteiger partial charge in [-0.15, -0.1) is 0 Å². The Labute approximate surface area is 117 Å². The standard InChI is InChI=1S/C16H30N2O/c17-15(14-6-12-19-13-7-14)16(8-2-3-9-16)18-10-4-1-5-11-18/h14-15H,1-13,17H2. The number of rotatable bonds is 3. The Morgan fingerprint density at radius 3 is 2.21 bits per heavy atom. The topological polar surface area (TPSA) is 38.5 Å². The summed E-state index contributed by atoms with van der Waals surface area (Å²) >= 11 is 0. The molecule has 2 N–H and O–H groups in total. The molecular formula is C16H30N2O. The summed E-state index contributed by atoms with van der Waals surface area (Å²) in [6.45, 7) is 4.43. The van der Waals surface area contributed by atoms with Crippen molar-refractivity contribution >= 4 is 0 Å². The third kappa shape index (κ3) is 2.70. The Morgan fingerprint density at radius 1 is 0.947 bits per heavy atom. The molecule has 2 saturated heterocycles. The Hall–Kier alpha value is -0.120. The lowest BCUT2D eigenvalue weighted by Crippen LogP contribution is -2.62. The second-order valence-electron chi connectivity index (χ2n) is 6.83. The molecule has 0 amide bonds. The van der Waals surface area contributed by atoms with Gasteiger partial charge in [-0.25, -0.2) is 0 Å². The fourth-order valence-electron chi connectivity index (χ4n) is 4.70. The van der Waals surface area contributed by atoms with Crippen molar-refractivity contribution in [3.8, 4) is 0 Å². The number of nitrogens with two attached hydrogens (primary N) is 1. The van der Waals surface area contributed by atoms with Crippen molar-refractivity contribution in [3.63, 3.8) is 0 Å². The first-order valence-electron chi connectivity index (χ1n) is 8.41. The molecule has 0 bridgehead atoms. The van der Waals surface area contributed by atoms with Crippen LogP contribution in [0.25, 0.3) is 0 Å². The predicted octanol–water partition coefficient (Wildman–Crippen LogP) is 2.54. The molecule has 110 valence electrons. The fraction of sp³-hybridized carbons (Fsp3) is 1.00. The number of likely N-dealkylation sites (tertiary alicyclic amines) is 1. The number of ether oxygens (including phenoxy) is 1. The van der Waals surface area contributed by atoms with E-state index in [0.717, 1.165) is 13.2 Å². The van der Waals surface area contributed by atoms with Gasteiger partial charge < -0.3 is 10.5 Å². The minimum Gasteiger partial charge on any atom is -0.381 e. The van der Waals surface area contributed by atoms with Crippen LogP contribution in [0.4, 0.5) is 0 Å². The van der Waals surface area contributed by atoms with Gasteiger partial charge in [-0.2, -0.15) is 0 Å². The number of nitrogens with zero attached hydrogens (tertiary/aromatic N) is 1. The Kier molecular flexibility index (Phi) is 4.45. The van der Waals surface area contributed by atoms with E-state index < -0.39 is 0 Å². The van der Waals surface area contributed by atoms with Gasteiger partial charge in [0.15, 0.2) is 0 Å². The van der Waals surface area contributed by atoms with Crippen LogP contribution in [-0.4, -0.2) is 42.8 Å². The lowest BCUT2D eigenvalue weighted by atomic mass is 9.75. The molecule has 3 aliphatic rings. The van der Waals surface area contributed by atoms with Crippen LogP contribution in [0.1, 0.15) is 57.8 Å². The molecule has 3 fully saturated rings. The Balaban J connectivity index is 1.74. The predicted molar refractivity (Wildman–Crippen MR) is 78.1 cm³/mol. The van der Waals surface area contributed by atoms with E-state index in [-0.39, 0.29) is 0 Å². The van der Waals surface area contributed by atoms with Gasteiger partial charge in [-0.05, 0) is 57.5 Å². The highest BCUT2D eigenvalue weighted by molar-refractivity contribution is 5.05. The lowest BCUT2D eigenvalue weighted by Gasteiger charge is -2.50. The third-order valence-corrected chi connectivity index (χ3v) is 5.85. The molecule has 19 heavy (non-hydrogen) atoms. The van der Waals surface area contributed by atoms with Gasteiger partial charge in [0.1, 0.15) is 0 Å². The van der Waals surface area contributed by atoms with Crippen LogP contribution in [0.15, 0.2) is 0 Å². The molecule has 3 nitrogen and oxygen atoms in total. The fourth-order valence-corrected chi connectivity index (χ4v) is 4.70. The van der Waals surface area contributed by atoms with E-state index in [1.165, 1.54) is 70.9 Å². The summed E-state index contributed by atoms with van der Waals surface area (Å²) in [4.78, 5) is 2.78. The van der Waals surface area contributed by atoms with Gasteiger partial charge in [0, 0.05) is 24.8 Å². The first-order valence-corrected chi connectivity index (χ1v) is 8.41. The average Bonchev–Trinajstić information content (AvgIpc) is 2.99. The van der Waals surface area contributed by atoms with Crippen LogP contribution in [0.3, 0.4) is 0 Å². The number of hydrogen-bond donors (Lipinski definition) is 1. The Bertz CT molecular complexity index is 276. The quantitative estimate of drug-likeness (QED) is 0.853. The molecule has 0 aromatic heterocycles. The molecule has 1 atom stereocenters. The summed E-state index contributed by atoms with van der Waals surface area (Å²) in [6.07, 6.45) is 12.0. The van der Waals surface area contributed by atoms with E-state index in [0.29, 0.717) is 17.5 Å². The van der Waals surface area contributed by atoms with Crippen molar-refractivity contribution in [2.24, 2.45) is 11.7 Å². The normalized spacial score (nSPS) is 31.4. The lowest BCUT2D eigenvalue weighted by molar-refractivity contribution is -0.00355. The molecule has 2 heterocycles. The number of hydrogen-bond acceptors (Lipinski definition) is 3. The summed E-state index contributed by atoms with van der Waals surface area (Å²) in [6, 6.07) is 0.372. The zero-order valence-corrected chi connectivity index (χ0v) is 12.3. The first kappa shape index (κ1) is 13.8. The van der Waals surface area contributed by atoms with E-state index in [2.05, 4.69) is 4.90 Å². The number of piperidine rings is 1. The molecule has 0 radical (unpaired) electrons. The van der Waals surface area contributed by atoms with Crippen LogP contribution in [0, 0.1) is 5.92 Å². The maximum atomic E-state index is 6.82. The highest BCUT2D eigenvalue weighted by Gasteiger charge is 2.47. The van der Waals surface area contributed by atoms with Crippen molar-refractivity contribution in [1.29, 1.82) is 0 Å². The maximum absolute atomic E-state index is 6.82. The van der Waals surface area contributed by atoms with E-state index in [1.807, 2.05) is 0 Å². The van der Waals surface area contributed by atoms with Crippen molar-refractivity contribution in [3.05, 3.63) is 0 Å². The van der Waals surface area contributed by atoms with E-state index >= 15 is 0 Å².